The van der Waals surface area contributed by atoms with Crippen LogP contribution in [-0.2, 0) is 52.3 Å². The number of nitrogens with zero attached hydrogens (tertiary/aromatic N) is 2. The number of hydrogen-bond donors (Lipinski definition) is 3. The maximum Gasteiger partial charge on any atom is 0.297 e. The van der Waals surface area contributed by atoms with Gasteiger partial charge in [-0.1, -0.05) is 80.8 Å². The van der Waals surface area contributed by atoms with E-state index >= 15 is 0 Å². The predicted octanol–water partition coefficient (Wildman–Crippen LogP) is 12.4. The molecular weight excluding hydrogens is 1260 g/mol. The first-order valence-electron chi connectivity index (χ1n) is 38.5. The van der Waals surface area contributed by atoms with E-state index in [-0.39, 0.29) is 128 Å². The number of ether oxygens (including phenoxy) is 6. The lowest BCUT2D eigenvalue weighted by Gasteiger charge is -2.64. The second-order valence-corrected chi connectivity index (χ2v) is 39.5. The van der Waals surface area contributed by atoms with Crippen LogP contribution in [0.3, 0.4) is 0 Å². The number of morpholine rings is 2. The molecular formula is C78H117ClN2O14S. The molecule has 16 fully saturated rings. The fourth-order valence-electron chi connectivity index (χ4n) is 27.9. The average Bonchev–Trinajstić information content (AvgIpc) is 1.46. The summed E-state index contributed by atoms with van der Waals surface area (Å²) in [6.45, 7) is 27.6. The number of aliphatic hydroxyl groups is 3. The highest BCUT2D eigenvalue weighted by molar-refractivity contribution is 7.86. The number of carbonyl (C=O) groups excluding carboxylic acids is 2. The van der Waals surface area contributed by atoms with Crippen molar-refractivity contribution in [2.24, 2.45) is 113 Å². The normalized spacial score (nSPS) is 50.6. The molecule has 16 nitrogen and oxygen atoms in total. The number of benzene rings is 1. The Bertz CT molecular complexity index is 3280. The molecule has 96 heavy (non-hydrogen) atoms. The summed E-state index contributed by atoms with van der Waals surface area (Å²) in [6.07, 6.45) is 21.3. The Balaban J connectivity index is 0.000000154. The molecule has 18 heteroatoms. The Morgan fingerprint density at radius 3 is 1.43 bits per heavy atom. The topological polar surface area (TPSA) is 200 Å². The van der Waals surface area contributed by atoms with E-state index in [4.69, 9.17) is 44.2 Å². The minimum absolute atomic E-state index is 0.0303. The van der Waals surface area contributed by atoms with Crippen molar-refractivity contribution in [1.82, 2.24) is 9.80 Å². The van der Waals surface area contributed by atoms with Crippen molar-refractivity contribution in [2.45, 2.75) is 277 Å². The molecule has 1 aromatic carbocycles. The van der Waals surface area contributed by atoms with Crippen LogP contribution in [0, 0.1) is 113 Å². The first-order chi connectivity index (χ1) is 45.5. The van der Waals surface area contributed by atoms with Crippen LogP contribution in [0.4, 0.5) is 0 Å². The SMILES string of the molecule is C[C@@H]1C[C@H](CO)O[C@H]2[C@H]1[C@@]1(C)CC[C@@]34C[C@@]35CCC(O[C@H]3CN(C(=O)CC6CC6)CCO3)C(C)(C)[C@@H]5CC[C@H]4[C@]1(C)[C@H]2O.C[C@@H]1C[C@H](COS(=O)(=O)c2ccc(Cl)cc2)O[C@H]2[C@H]1[C@@]1(C)CC[C@@]34C[C@@]35CCC(O[C@H]3CN(C(=O)CC6CC6)CCO3)C(C)(C)[C@@H]5CC[C@H]4[C@]1(C)[C@H]2O. The molecule has 4 saturated heterocycles. The first-order valence-corrected chi connectivity index (χ1v) is 40.3. The van der Waals surface area contributed by atoms with Crippen LogP contribution in [0.5, 0.6) is 0 Å². The van der Waals surface area contributed by atoms with Crippen molar-refractivity contribution < 1.29 is 65.9 Å². The third-order valence-corrected chi connectivity index (χ3v) is 34.6. The Kier molecular flexibility index (Phi) is 16.8. The van der Waals surface area contributed by atoms with Gasteiger partial charge in [-0.15, -0.1) is 0 Å². The standard InChI is InChI=1S/C42H60ClNO8S.C36H57NO6/c1-25-20-28(23-50-53(47,48)29-10-8-27(43)9-11-29)51-36-35(25)39(4)16-17-42-24-41(42)15-14-32(38(2,3)30(41)12-13-31(42)40(39,5)37(36)46)52-34-22-44(18-19-49-34)33(45)21-26-6-7-26;1-21-16-23(19-38)42-30-29(21)33(4)12-13-36-20-35(36)11-10-26(32(2,3)24(35)8-9-25(36)34(33,5)31(30)40)43-28-18-37(14-15-41-28)27(39)17-22-6-7-22/h8-11,25-26,28,30-32,34-37,46H,6-7,12-24H2,1-5H3;21-26,28-31,38,40H,6-20H2,1-5H3/t25-,28-,30+,31+,32?,34+,35+,36+,37+,39-,40-,41-,42+;21-,23-,24+,25+,26?,28+,29+,30+,31+,33-,34-,35-,36+/m11/s1. The Morgan fingerprint density at radius 1 is 0.573 bits per heavy atom. The van der Waals surface area contributed by atoms with Crippen molar-refractivity contribution in [1.29, 1.82) is 0 Å². The fourth-order valence-corrected chi connectivity index (χ4v) is 29.0. The zero-order chi connectivity index (χ0) is 67.5. The van der Waals surface area contributed by atoms with Crippen LogP contribution >= 0.6 is 11.6 Å². The zero-order valence-corrected chi connectivity index (χ0v) is 61.2. The second-order valence-electron chi connectivity index (χ2n) is 37.5. The molecule has 12 saturated carbocycles. The molecule has 4 heterocycles. The Hall–Kier alpha value is -2.00. The van der Waals surface area contributed by atoms with E-state index in [1.807, 2.05) is 9.80 Å². The molecule has 2 amide bonds. The number of fused-ring (bicyclic) bond motifs is 8. The van der Waals surface area contributed by atoms with Crippen LogP contribution in [0.1, 0.15) is 210 Å². The van der Waals surface area contributed by atoms with Gasteiger partial charge in [-0.25, -0.2) is 0 Å². The summed E-state index contributed by atoms with van der Waals surface area (Å²) in [5.74, 6) is 5.03. The Labute approximate surface area is 578 Å². The molecule has 0 aromatic heterocycles. The van der Waals surface area contributed by atoms with Crippen molar-refractivity contribution in [3.63, 3.8) is 0 Å². The van der Waals surface area contributed by atoms with E-state index < -0.39 is 28.4 Å². The maximum atomic E-state index is 13.0. The molecule has 536 valence electrons. The summed E-state index contributed by atoms with van der Waals surface area (Å²) < 4.78 is 70.8. The van der Waals surface area contributed by atoms with Crippen LogP contribution < -0.4 is 0 Å². The quantitative estimate of drug-likeness (QED) is 0.158. The molecule has 12 aliphatic carbocycles. The highest BCUT2D eigenvalue weighted by Gasteiger charge is 2.87. The molecule has 0 radical (unpaired) electrons. The van der Waals surface area contributed by atoms with Crippen LogP contribution in [0.25, 0.3) is 0 Å². The number of amides is 2. The van der Waals surface area contributed by atoms with Gasteiger partial charge in [-0.3, -0.25) is 13.8 Å². The molecule has 26 atom stereocenters. The van der Waals surface area contributed by atoms with Crippen LogP contribution in [0.2, 0.25) is 5.02 Å². The zero-order valence-electron chi connectivity index (χ0n) is 59.6. The minimum Gasteiger partial charge on any atom is -0.394 e. The number of carbonyl (C=O) groups is 2. The van der Waals surface area contributed by atoms with Gasteiger partial charge >= 0.3 is 0 Å². The van der Waals surface area contributed by atoms with E-state index in [9.17, 15) is 33.3 Å². The number of rotatable bonds is 13. The van der Waals surface area contributed by atoms with Gasteiger partial charge < -0.3 is 53.5 Å². The summed E-state index contributed by atoms with van der Waals surface area (Å²) in [5.41, 5.74) is 0.633. The van der Waals surface area contributed by atoms with Crippen molar-refractivity contribution >= 4 is 33.5 Å². The Morgan fingerprint density at radius 2 is 0.990 bits per heavy atom. The summed E-state index contributed by atoms with van der Waals surface area (Å²) in [6, 6.07) is 6.01. The van der Waals surface area contributed by atoms with E-state index in [2.05, 4.69) is 69.2 Å². The third kappa shape index (κ3) is 10.0. The number of hydrogen-bond acceptors (Lipinski definition) is 14. The van der Waals surface area contributed by atoms with Gasteiger partial charge in [0.15, 0.2) is 12.6 Å². The molecule has 1 aromatic rings. The van der Waals surface area contributed by atoms with E-state index in [0.29, 0.717) is 122 Å². The van der Waals surface area contributed by atoms with Crippen LogP contribution in [0.15, 0.2) is 29.2 Å². The lowest BCUT2D eigenvalue weighted by molar-refractivity contribution is -0.248. The van der Waals surface area contributed by atoms with E-state index in [1.165, 1.54) is 89.2 Å². The van der Waals surface area contributed by atoms with Gasteiger partial charge in [0.05, 0.1) is 93.2 Å². The molecule has 4 aliphatic heterocycles. The second kappa shape index (κ2) is 23.5. The van der Waals surface area contributed by atoms with Gasteiger partial charge in [-0.05, 0) is 255 Å². The molecule has 2 unspecified atom stereocenters. The van der Waals surface area contributed by atoms with Crippen molar-refractivity contribution in [3.8, 4) is 0 Å². The van der Waals surface area contributed by atoms with E-state index in [0.717, 1.165) is 44.9 Å². The average molecular weight is 1370 g/mol. The molecule has 16 aliphatic rings. The third-order valence-electron chi connectivity index (χ3n) is 33.1. The molecule has 4 spiro atoms. The van der Waals surface area contributed by atoms with Crippen molar-refractivity contribution in [3.05, 3.63) is 29.3 Å². The summed E-state index contributed by atoms with van der Waals surface area (Å²) >= 11 is 5.98. The lowest BCUT2D eigenvalue weighted by Crippen LogP contribution is -2.60. The maximum absolute atomic E-state index is 13.0. The predicted molar refractivity (Wildman–Crippen MR) is 361 cm³/mol. The van der Waals surface area contributed by atoms with Gasteiger partial charge in [0.2, 0.25) is 11.8 Å². The van der Waals surface area contributed by atoms with Gasteiger partial charge in [-0.2, -0.15) is 8.42 Å². The number of halogens is 1. The smallest absolute Gasteiger partial charge is 0.297 e. The fraction of sp³-hybridized carbons (Fsp3) is 0.897. The minimum atomic E-state index is -3.97. The van der Waals surface area contributed by atoms with Gasteiger partial charge in [0, 0.05) is 41.8 Å². The summed E-state index contributed by atoms with van der Waals surface area (Å²) in [5, 5.41) is 35.2. The van der Waals surface area contributed by atoms with Crippen LogP contribution in [-0.4, -0.2) is 159 Å². The molecule has 17 rings (SSSR count). The highest BCUT2D eigenvalue weighted by atomic mass is 35.5. The van der Waals surface area contributed by atoms with Gasteiger partial charge in [0.1, 0.15) is 0 Å². The number of aliphatic hydroxyl groups excluding tert-OH is 3. The van der Waals surface area contributed by atoms with E-state index in [1.54, 1.807) is 12.1 Å². The van der Waals surface area contributed by atoms with Crippen molar-refractivity contribution in [2.75, 3.05) is 52.6 Å². The molecule has 0 bridgehead atoms. The summed E-state index contributed by atoms with van der Waals surface area (Å²) in [7, 11) is -3.97. The summed E-state index contributed by atoms with van der Waals surface area (Å²) in [4.78, 5) is 29.8. The first kappa shape index (κ1) is 68.4. The lowest BCUT2D eigenvalue weighted by atomic mass is 9.41. The monoisotopic (exact) mass is 1370 g/mol. The largest absolute Gasteiger partial charge is 0.394 e. The van der Waals surface area contributed by atoms with Gasteiger partial charge in [0.25, 0.3) is 10.1 Å². The highest BCUT2D eigenvalue weighted by Crippen LogP contribution is 2.91. The molecule has 3 N–H and O–H groups in total.